The third-order valence-electron chi connectivity index (χ3n) is 4.55. The first-order valence-electron chi connectivity index (χ1n) is 8.64. The van der Waals surface area contributed by atoms with Crippen molar-refractivity contribution in [2.24, 2.45) is 5.41 Å². The SMILES string of the molecule is COc1cc(C=CC(=O)NC2CCC(C)(C)CC2)ccc1OC(C)=O. The number of carbonyl (C=O) groups excluding carboxylic acids is 2. The highest BCUT2D eigenvalue weighted by atomic mass is 16.6. The molecule has 5 heteroatoms. The van der Waals surface area contributed by atoms with Gasteiger partial charge in [-0.05, 0) is 54.9 Å². The van der Waals surface area contributed by atoms with Crippen molar-refractivity contribution in [1.29, 1.82) is 0 Å². The van der Waals surface area contributed by atoms with E-state index in [0.29, 0.717) is 16.9 Å². The molecule has 1 saturated carbocycles. The molecule has 25 heavy (non-hydrogen) atoms. The second-order valence-electron chi connectivity index (χ2n) is 7.28. The van der Waals surface area contributed by atoms with Gasteiger partial charge in [-0.2, -0.15) is 0 Å². The van der Waals surface area contributed by atoms with Crippen LogP contribution in [0, 0.1) is 5.41 Å². The van der Waals surface area contributed by atoms with Crippen LogP contribution in [0.3, 0.4) is 0 Å². The predicted octanol–water partition coefficient (Wildman–Crippen LogP) is 3.72. The summed E-state index contributed by atoms with van der Waals surface area (Å²) in [4.78, 5) is 23.2. The predicted molar refractivity (Wildman–Crippen MR) is 97.5 cm³/mol. The molecular weight excluding hydrogens is 318 g/mol. The molecule has 5 nitrogen and oxygen atoms in total. The van der Waals surface area contributed by atoms with Crippen molar-refractivity contribution < 1.29 is 19.1 Å². The van der Waals surface area contributed by atoms with E-state index in [2.05, 4.69) is 19.2 Å². The first-order valence-corrected chi connectivity index (χ1v) is 8.64. The highest BCUT2D eigenvalue weighted by Crippen LogP contribution is 2.35. The van der Waals surface area contributed by atoms with Gasteiger partial charge in [0.25, 0.3) is 0 Å². The molecule has 1 amide bonds. The van der Waals surface area contributed by atoms with Crippen LogP contribution in [0.1, 0.15) is 52.0 Å². The maximum atomic E-state index is 12.1. The van der Waals surface area contributed by atoms with Gasteiger partial charge >= 0.3 is 5.97 Å². The fourth-order valence-corrected chi connectivity index (χ4v) is 2.99. The molecule has 0 aliphatic heterocycles. The molecule has 0 aromatic heterocycles. The van der Waals surface area contributed by atoms with Gasteiger partial charge < -0.3 is 14.8 Å². The molecule has 0 bridgehead atoms. The van der Waals surface area contributed by atoms with E-state index in [1.54, 1.807) is 24.3 Å². The molecule has 136 valence electrons. The Morgan fingerprint density at radius 3 is 2.48 bits per heavy atom. The molecule has 0 unspecified atom stereocenters. The highest BCUT2D eigenvalue weighted by molar-refractivity contribution is 5.92. The van der Waals surface area contributed by atoms with Gasteiger partial charge in [-0.25, -0.2) is 0 Å². The Kier molecular flexibility index (Phi) is 6.23. The Hall–Kier alpha value is -2.30. The number of rotatable bonds is 5. The van der Waals surface area contributed by atoms with E-state index in [4.69, 9.17) is 9.47 Å². The normalized spacial score (nSPS) is 17.3. The van der Waals surface area contributed by atoms with Crippen LogP contribution < -0.4 is 14.8 Å². The average molecular weight is 345 g/mol. The van der Waals surface area contributed by atoms with Crippen molar-refractivity contribution in [3.8, 4) is 11.5 Å². The second-order valence-corrected chi connectivity index (χ2v) is 7.28. The summed E-state index contributed by atoms with van der Waals surface area (Å²) >= 11 is 0. The molecule has 2 rings (SSSR count). The monoisotopic (exact) mass is 345 g/mol. The van der Waals surface area contributed by atoms with Gasteiger partial charge in [-0.15, -0.1) is 0 Å². The zero-order valence-corrected chi connectivity index (χ0v) is 15.4. The van der Waals surface area contributed by atoms with Gasteiger partial charge in [0.15, 0.2) is 11.5 Å². The summed E-state index contributed by atoms with van der Waals surface area (Å²) in [6.07, 6.45) is 7.57. The molecule has 1 fully saturated rings. The standard InChI is InChI=1S/C20H27NO4/c1-14(22)25-17-7-5-15(13-18(17)24-4)6-8-19(23)21-16-9-11-20(2,3)12-10-16/h5-8,13,16H,9-12H2,1-4H3,(H,21,23). The number of carbonyl (C=O) groups is 2. The molecule has 0 saturated heterocycles. The van der Waals surface area contributed by atoms with Crippen LogP contribution in [-0.4, -0.2) is 25.0 Å². The van der Waals surface area contributed by atoms with Crippen molar-refractivity contribution >= 4 is 18.0 Å². The van der Waals surface area contributed by atoms with Crippen LogP contribution in [-0.2, 0) is 9.59 Å². The molecular formula is C20H27NO4. The topological polar surface area (TPSA) is 64.6 Å². The number of esters is 1. The van der Waals surface area contributed by atoms with Gasteiger partial charge in [-0.1, -0.05) is 19.9 Å². The number of hydrogen-bond acceptors (Lipinski definition) is 4. The van der Waals surface area contributed by atoms with E-state index in [1.807, 2.05) is 0 Å². The molecule has 1 aliphatic rings. The highest BCUT2D eigenvalue weighted by Gasteiger charge is 2.27. The van der Waals surface area contributed by atoms with Crippen LogP contribution in [0.15, 0.2) is 24.3 Å². The van der Waals surface area contributed by atoms with Crippen LogP contribution in [0.5, 0.6) is 11.5 Å². The molecule has 0 heterocycles. The lowest BCUT2D eigenvalue weighted by Crippen LogP contribution is -2.38. The summed E-state index contributed by atoms with van der Waals surface area (Å²) in [5, 5.41) is 3.07. The smallest absolute Gasteiger partial charge is 0.308 e. The number of ether oxygens (including phenoxy) is 2. The van der Waals surface area contributed by atoms with Crippen molar-refractivity contribution in [2.45, 2.75) is 52.5 Å². The largest absolute Gasteiger partial charge is 0.493 e. The Morgan fingerprint density at radius 1 is 1.20 bits per heavy atom. The van der Waals surface area contributed by atoms with Gasteiger partial charge in [0.05, 0.1) is 7.11 Å². The van der Waals surface area contributed by atoms with Crippen LogP contribution >= 0.6 is 0 Å². The second kappa shape index (κ2) is 8.19. The summed E-state index contributed by atoms with van der Waals surface area (Å²) in [6.45, 7) is 5.89. The van der Waals surface area contributed by atoms with Crippen molar-refractivity contribution in [2.75, 3.05) is 7.11 Å². The maximum Gasteiger partial charge on any atom is 0.308 e. The first kappa shape index (κ1) is 19.0. The lowest BCUT2D eigenvalue weighted by Gasteiger charge is -2.34. The lowest BCUT2D eigenvalue weighted by atomic mass is 9.75. The van der Waals surface area contributed by atoms with E-state index < -0.39 is 5.97 Å². The Labute approximate surface area is 149 Å². The summed E-state index contributed by atoms with van der Waals surface area (Å²) in [5.74, 6) is 0.318. The molecule has 1 aromatic carbocycles. The maximum absolute atomic E-state index is 12.1. The summed E-state index contributed by atoms with van der Waals surface area (Å²) in [6, 6.07) is 5.41. The number of amides is 1. The molecule has 0 spiro atoms. The summed E-state index contributed by atoms with van der Waals surface area (Å²) in [7, 11) is 1.51. The summed E-state index contributed by atoms with van der Waals surface area (Å²) < 4.78 is 10.3. The van der Waals surface area contributed by atoms with Gasteiger partial charge in [0.2, 0.25) is 5.91 Å². The van der Waals surface area contributed by atoms with Crippen LogP contribution in [0.4, 0.5) is 0 Å². The molecule has 1 aliphatic carbocycles. The number of nitrogens with one attached hydrogen (secondary N) is 1. The molecule has 1 N–H and O–H groups in total. The van der Waals surface area contributed by atoms with Crippen molar-refractivity contribution in [3.63, 3.8) is 0 Å². The number of hydrogen-bond donors (Lipinski definition) is 1. The Balaban J connectivity index is 1.94. The Bertz CT molecular complexity index is 654. The minimum Gasteiger partial charge on any atom is -0.493 e. The third kappa shape index (κ3) is 5.93. The summed E-state index contributed by atoms with van der Waals surface area (Å²) in [5.41, 5.74) is 1.18. The van der Waals surface area contributed by atoms with Crippen LogP contribution in [0.25, 0.3) is 6.08 Å². The number of benzene rings is 1. The van der Waals surface area contributed by atoms with Crippen LogP contribution in [0.2, 0.25) is 0 Å². The fraction of sp³-hybridized carbons (Fsp3) is 0.500. The van der Waals surface area contributed by atoms with Gasteiger partial charge in [0, 0.05) is 19.0 Å². The zero-order valence-electron chi connectivity index (χ0n) is 15.4. The lowest BCUT2D eigenvalue weighted by molar-refractivity contribution is -0.132. The molecule has 0 atom stereocenters. The molecule has 1 aromatic rings. The van der Waals surface area contributed by atoms with Gasteiger partial charge in [0.1, 0.15) is 0 Å². The third-order valence-corrected chi connectivity index (χ3v) is 4.55. The van der Waals surface area contributed by atoms with Crippen molar-refractivity contribution in [3.05, 3.63) is 29.8 Å². The van der Waals surface area contributed by atoms with E-state index in [1.165, 1.54) is 20.1 Å². The minimum atomic E-state index is -0.406. The van der Waals surface area contributed by atoms with E-state index >= 15 is 0 Å². The van der Waals surface area contributed by atoms with E-state index in [0.717, 1.165) is 31.2 Å². The molecule has 0 radical (unpaired) electrons. The van der Waals surface area contributed by atoms with Gasteiger partial charge in [-0.3, -0.25) is 9.59 Å². The first-order chi connectivity index (χ1) is 11.8. The fourth-order valence-electron chi connectivity index (χ4n) is 2.99. The van der Waals surface area contributed by atoms with E-state index in [-0.39, 0.29) is 11.9 Å². The Morgan fingerprint density at radius 2 is 1.88 bits per heavy atom. The zero-order chi connectivity index (χ0) is 18.4. The minimum absolute atomic E-state index is 0.0901. The quantitative estimate of drug-likeness (QED) is 0.502. The van der Waals surface area contributed by atoms with E-state index in [9.17, 15) is 9.59 Å². The number of methoxy groups -OCH3 is 1. The average Bonchev–Trinajstić information content (AvgIpc) is 2.55. The van der Waals surface area contributed by atoms with Crippen molar-refractivity contribution in [1.82, 2.24) is 5.32 Å².